The molecule has 0 bridgehead atoms. The van der Waals surface area contributed by atoms with Crippen LogP contribution in [0.1, 0.15) is 78.1 Å². The Bertz CT molecular complexity index is 954. The zero-order valence-corrected chi connectivity index (χ0v) is 18.2. The number of carbonyl (C=O) groups excluding carboxylic acids is 2. The maximum absolute atomic E-state index is 13.3. The highest BCUT2D eigenvalue weighted by Crippen LogP contribution is 2.38. The van der Waals surface area contributed by atoms with Gasteiger partial charge in [0.2, 0.25) is 0 Å². The van der Waals surface area contributed by atoms with Gasteiger partial charge in [0.1, 0.15) is 11.5 Å². The van der Waals surface area contributed by atoms with Gasteiger partial charge in [-0.1, -0.05) is 6.07 Å². The van der Waals surface area contributed by atoms with Crippen LogP contribution in [0.5, 0.6) is 11.5 Å². The molecule has 0 radical (unpaired) electrons. The van der Waals surface area contributed by atoms with Crippen LogP contribution in [0.2, 0.25) is 0 Å². The van der Waals surface area contributed by atoms with Gasteiger partial charge >= 0.3 is 0 Å². The molecule has 0 amide bonds. The van der Waals surface area contributed by atoms with Crippen LogP contribution in [-0.2, 0) is 0 Å². The lowest BCUT2D eigenvalue weighted by Crippen LogP contribution is -2.39. The van der Waals surface area contributed by atoms with Crippen molar-refractivity contribution < 1.29 is 19.1 Å². The van der Waals surface area contributed by atoms with Crippen LogP contribution in [0.3, 0.4) is 0 Å². The Hall–Kier alpha value is -2.66. The molecule has 0 spiro atoms. The first-order valence-corrected chi connectivity index (χ1v) is 9.98. The topological polar surface area (TPSA) is 55.8 Å². The lowest BCUT2D eigenvalue weighted by atomic mass is 9.82. The van der Waals surface area contributed by atoms with Crippen LogP contribution in [0.25, 0.3) is 0 Å². The fraction of sp³-hybridized carbons (Fsp3) is 0.417. The molecule has 5 nitrogen and oxygen atoms in total. The highest BCUT2D eigenvalue weighted by Gasteiger charge is 2.34. The van der Waals surface area contributed by atoms with E-state index in [0.717, 1.165) is 5.56 Å². The Morgan fingerprint density at radius 1 is 0.759 bits per heavy atom. The molecule has 1 aliphatic carbocycles. The summed E-state index contributed by atoms with van der Waals surface area (Å²) in [5.74, 6) is 0.464. The molecule has 0 heterocycles. The number of ether oxygens (including phenoxy) is 2. The summed E-state index contributed by atoms with van der Waals surface area (Å²) in [4.78, 5) is 28.9. The van der Waals surface area contributed by atoms with Crippen LogP contribution in [0, 0.1) is 0 Å². The first kappa shape index (κ1) is 21.1. The van der Waals surface area contributed by atoms with Gasteiger partial charge in [-0.25, -0.2) is 0 Å². The van der Waals surface area contributed by atoms with Crippen molar-refractivity contribution in [3.63, 3.8) is 0 Å². The van der Waals surface area contributed by atoms with Gasteiger partial charge in [-0.05, 0) is 58.4 Å². The van der Waals surface area contributed by atoms with E-state index >= 15 is 0 Å². The van der Waals surface area contributed by atoms with Crippen molar-refractivity contribution in [2.45, 2.75) is 52.7 Å². The molecule has 0 N–H and O–H groups in total. The zero-order chi connectivity index (χ0) is 21.5. The largest absolute Gasteiger partial charge is 0.497 e. The maximum Gasteiger partial charge on any atom is 0.198 e. The van der Waals surface area contributed by atoms with Crippen molar-refractivity contribution in [2.75, 3.05) is 14.2 Å². The van der Waals surface area contributed by atoms with Crippen molar-refractivity contribution in [3.05, 3.63) is 58.1 Å². The molecule has 0 aliphatic heterocycles. The third-order valence-electron chi connectivity index (χ3n) is 5.66. The molecular formula is C24H29NO4. The van der Waals surface area contributed by atoms with E-state index < -0.39 is 0 Å². The smallest absolute Gasteiger partial charge is 0.198 e. The van der Waals surface area contributed by atoms with Crippen molar-refractivity contribution in [1.29, 1.82) is 0 Å². The number of methoxy groups -OCH3 is 2. The number of fused-ring (bicyclic) bond motifs is 2. The molecule has 29 heavy (non-hydrogen) atoms. The van der Waals surface area contributed by atoms with Crippen molar-refractivity contribution in [1.82, 2.24) is 4.90 Å². The first-order valence-electron chi connectivity index (χ1n) is 9.98. The average Bonchev–Trinajstić information content (AvgIpc) is 2.69. The Morgan fingerprint density at radius 3 is 1.97 bits per heavy atom. The summed E-state index contributed by atoms with van der Waals surface area (Å²) >= 11 is 0. The van der Waals surface area contributed by atoms with Crippen LogP contribution >= 0.6 is 0 Å². The van der Waals surface area contributed by atoms with E-state index in [-0.39, 0.29) is 17.6 Å². The maximum atomic E-state index is 13.3. The fourth-order valence-electron chi connectivity index (χ4n) is 4.43. The second-order valence-corrected chi connectivity index (χ2v) is 8.03. The highest BCUT2D eigenvalue weighted by atomic mass is 16.5. The monoisotopic (exact) mass is 395 g/mol. The molecule has 3 rings (SSSR count). The molecule has 0 saturated carbocycles. The average molecular weight is 395 g/mol. The summed E-state index contributed by atoms with van der Waals surface area (Å²) in [5.41, 5.74) is 2.51. The molecule has 2 aromatic rings. The standard InChI is InChI=1S/C24H29NO4/c1-13(2)25(14(3)4)15(5)16-8-9-18-19(10-16)23(26)20-11-17(28-6)12-21(29-7)22(20)24(18)27/h8-15H,1-7H3. The normalized spacial score (nSPS) is 14.3. The van der Waals surface area contributed by atoms with Gasteiger partial charge in [0.05, 0.1) is 19.8 Å². The lowest BCUT2D eigenvalue weighted by Gasteiger charge is -2.37. The van der Waals surface area contributed by atoms with Crippen LogP contribution in [-0.4, -0.2) is 42.8 Å². The molecule has 1 unspecified atom stereocenters. The summed E-state index contributed by atoms with van der Waals surface area (Å²) in [7, 11) is 3.01. The van der Waals surface area contributed by atoms with E-state index in [4.69, 9.17) is 9.47 Å². The summed E-state index contributed by atoms with van der Waals surface area (Å²) in [6, 6.07) is 9.66. The second kappa shape index (κ2) is 7.99. The Balaban J connectivity index is 2.12. The van der Waals surface area contributed by atoms with E-state index in [1.54, 1.807) is 18.2 Å². The van der Waals surface area contributed by atoms with Crippen molar-refractivity contribution in [3.8, 4) is 11.5 Å². The number of benzene rings is 2. The first-order chi connectivity index (χ1) is 13.7. The lowest BCUT2D eigenvalue weighted by molar-refractivity contribution is 0.0975. The minimum atomic E-state index is -0.196. The van der Waals surface area contributed by atoms with Gasteiger partial charge in [0.25, 0.3) is 0 Å². The minimum absolute atomic E-state index is 0.115. The molecule has 0 fully saturated rings. The van der Waals surface area contributed by atoms with E-state index in [1.807, 2.05) is 12.1 Å². The van der Waals surface area contributed by atoms with E-state index in [1.165, 1.54) is 14.2 Å². The minimum Gasteiger partial charge on any atom is -0.497 e. The molecular weight excluding hydrogens is 366 g/mol. The number of ketones is 2. The predicted octanol–water partition coefficient (Wildman–Crippen LogP) is 4.66. The number of hydrogen-bond acceptors (Lipinski definition) is 5. The van der Waals surface area contributed by atoms with Crippen molar-refractivity contribution >= 4 is 11.6 Å². The van der Waals surface area contributed by atoms with E-state index in [0.29, 0.717) is 45.8 Å². The SMILES string of the molecule is COc1cc(OC)c2c(c1)C(=O)c1cc(C(C)N(C(C)C)C(C)C)ccc1C2=O. The third-order valence-corrected chi connectivity index (χ3v) is 5.66. The Kier molecular flexibility index (Phi) is 5.80. The van der Waals surface area contributed by atoms with Crippen LogP contribution in [0.4, 0.5) is 0 Å². The molecule has 5 heteroatoms. The Morgan fingerprint density at radius 2 is 1.41 bits per heavy atom. The summed E-state index contributed by atoms with van der Waals surface area (Å²) in [6.45, 7) is 10.8. The van der Waals surface area contributed by atoms with Crippen molar-refractivity contribution in [2.24, 2.45) is 0 Å². The Labute approximate surface area is 172 Å². The van der Waals surface area contributed by atoms with Gasteiger partial charge < -0.3 is 9.47 Å². The fourth-order valence-corrected chi connectivity index (χ4v) is 4.43. The van der Waals surface area contributed by atoms with Gasteiger partial charge in [-0.3, -0.25) is 14.5 Å². The third kappa shape index (κ3) is 3.55. The van der Waals surface area contributed by atoms with Gasteiger partial charge in [0, 0.05) is 40.9 Å². The summed E-state index contributed by atoms with van der Waals surface area (Å²) < 4.78 is 10.7. The molecule has 0 aromatic heterocycles. The van der Waals surface area contributed by atoms with Crippen LogP contribution in [0.15, 0.2) is 30.3 Å². The predicted molar refractivity (Wildman–Crippen MR) is 113 cm³/mol. The molecule has 2 aromatic carbocycles. The second-order valence-electron chi connectivity index (χ2n) is 8.03. The van der Waals surface area contributed by atoms with E-state index in [9.17, 15) is 9.59 Å². The number of nitrogens with zero attached hydrogens (tertiary/aromatic N) is 1. The quantitative estimate of drug-likeness (QED) is 0.608. The number of hydrogen-bond donors (Lipinski definition) is 0. The van der Waals surface area contributed by atoms with Gasteiger partial charge in [-0.2, -0.15) is 0 Å². The summed E-state index contributed by atoms with van der Waals surface area (Å²) in [5, 5.41) is 0. The van der Waals surface area contributed by atoms with E-state index in [2.05, 4.69) is 39.5 Å². The molecule has 1 aliphatic rings. The molecule has 0 saturated heterocycles. The van der Waals surface area contributed by atoms with Gasteiger partial charge in [0.15, 0.2) is 11.6 Å². The zero-order valence-electron chi connectivity index (χ0n) is 18.2. The molecule has 1 atom stereocenters. The number of rotatable bonds is 6. The molecule has 154 valence electrons. The number of carbonyl (C=O) groups is 2. The van der Waals surface area contributed by atoms with Gasteiger partial charge in [-0.15, -0.1) is 0 Å². The summed E-state index contributed by atoms with van der Waals surface area (Å²) in [6.07, 6.45) is 0. The highest BCUT2D eigenvalue weighted by molar-refractivity contribution is 6.29. The van der Waals surface area contributed by atoms with Crippen LogP contribution < -0.4 is 9.47 Å².